The van der Waals surface area contributed by atoms with Crippen molar-refractivity contribution in [1.29, 1.82) is 0 Å². The fraction of sp³-hybridized carbons (Fsp3) is 0.360. The first-order valence-corrected chi connectivity index (χ1v) is 11.8. The standard InChI is InChI=1S/C25H27BrN2O5/c1-16-3-5-17(6-4-16)22-21(23(30)19-15-18(26)7-8-20(19)29)24(31)25(32)28(22)10-2-9-27-11-13-33-14-12-27/h3-8,15,22,29-30H,2,9-14H2,1H3/t22-/m0/s1. The van der Waals surface area contributed by atoms with Gasteiger partial charge in [-0.3, -0.25) is 14.5 Å². The minimum atomic E-state index is -0.746. The van der Waals surface area contributed by atoms with Crippen molar-refractivity contribution in [2.24, 2.45) is 0 Å². The predicted molar refractivity (Wildman–Crippen MR) is 128 cm³/mol. The molecule has 4 rings (SSSR count). The van der Waals surface area contributed by atoms with Crippen LogP contribution >= 0.6 is 15.9 Å². The molecule has 2 aromatic carbocycles. The number of benzene rings is 2. The van der Waals surface area contributed by atoms with E-state index in [4.69, 9.17) is 4.74 Å². The van der Waals surface area contributed by atoms with Gasteiger partial charge in [-0.25, -0.2) is 0 Å². The molecule has 0 bridgehead atoms. The van der Waals surface area contributed by atoms with E-state index in [9.17, 15) is 19.8 Å². The van der Waals surface area contributed by atoms with Gasteiger partial charge in [0.1, 0.15) is 11.5 Å². The first-order valence-electron chi connectivity index (χ1n) is 11.0. The molecule has 2 N–H and O–H groups in total. The highest BCUT2D eigenvalue weighted by atomic mass is 79.9. The minimum Gasteiger partial charge on any atom is -0.507 e. The van der Waals surface area contributed by atoms with Gasteiger partial charge in [-0.05, 0) is 37.1 Å². The first kappa shape index (κ1) is 23.5. The normalized spacial score (nSPS) is 21.0. The lowest BCUT2D eigenvalue weighted by Gasteiger charge is -2.29. The van der Waals surface area contributed by atoms with E-state index in [1.165, 1.54) is 17.0 Å². The lowest BCUT2D eigenvalue weighted by molar-refractivity contribution is -0.140. The minimum absolute atomic E-state index is 0.0105. The third-order valence-corrected chi connectivity index (χ3v) is 6.62. The van der Waals surface area contributed by atoms with Crippen molar-refractivity contribution in [3.8, 4) is 5.75 Å². The Kier molecular flexibility index (Phi) is 7.17. The topological polar surface area (TPSA) is 90.3 Å². The number of Topliss-reactive ketones (excluding diaryl/α,β-unsaturated/α-hetero) is 1. The molecule has 2 saturated heterocycles. The van der Waals surface area contributed by atoms with Crippen molar-refractivity contribution in [2.75, 3.05) is 39.4 Å². The number of phenolic OH excluding ortho intramolecular Hbond substituents is 1. The maximum atomic E-state index is 13.1. The van der Waals surface area contributed by atoms with Crippen LogP contribution in [0.25, 0.3) is 5.76 Å². The number of hydrogen-bond donors (Lipinski definition) is 2. The Morgan fingerprint density at radius 1 is 1.09 bits per heavy atom. The zero-order valence-electron chi connectivity index (χ0n) is 18.5. The van der Waals surface area contributed by atoms with E-state index < -0.39 is 17.7 Å². The predicted octanol–water partition coefficient (Wildman–Crippen LogP) is 3.61. The number of rotatable bonds is 6. The highest BCUT2D eigenvalue weighted by Gasteiger charge is 2.46. The molecule has 33 heavy (non-hydrogen) atoms. The van der Waals surface area contributed by atoms with Gasteiger partial charge in [0.25, 0.3) is 11.7 Å². The molecule has 2 aliphatic rings. The maximum absolute atomic E-state index is 13.1. The number of carbonyl (C=O) groups excluding carboxylic acids is 2. The van der Waals surface area contributed by atoms with Crippen LogP contribution < -0.4 is 0 Å². The second-order valence-corrected chi connectivity index (χ2v) is 9.29. The number of carbonyl (C=O) groups is 2. The SMILES string of the molecule is Cc1ccc([C@H]2C(=C(O)c3cc(Br)ccc3O)C(=O)C(=O)N2CCCN2CCOCC2)cc1. The number of phenols is 1. The fourth-order valence-electron chi connectivity index (χ4n) is 4.34. The number of nitrogens with zero attached hydrogens (tertiary/aromatic N) is 2. The second-order valence-electron chi connectivity index (χ2n) is 8.37. The van der Waals surface area contributed by atoms with Crippen LogP contribution in [0.5, 0.6) is 5.75 Å². The summed E-state index contributed by atoms with van der Waals surface area (Å²) in [5.74, 6) is -1.94. The summed E-state index contributed by atoms with van der Waals surface area (Å²) in [6, 6.07) is 11.4. The van der Waals surface area contributed by atoms with Crippen LogP contribution in [0.2, 0.25) is 0 Å². The lowest BCUT2D eigenvalue weighted by atomic mass is 9.94. The van der Waals surface area contributed by atoms with Crippen molar-refractivity contribution >= 4 is 33.4 Å². The zero-order chi connectivity index (χ0) is 23.5. The molecule has 2 fully saturated rings. The fourth-order valence-corrected chi connectivity index (χ4v) is 4.70. The summed E-state index contributed by atoms with van der Waals surface area (Å²) in [6.45, 7) is 6.22. The molecule has 7 nitrogen and oxygen atoms in total. The van der Waals surface area contributed by atoms with Gasteiger partial charge in [0, 0.05) is 30.7 Å². The van der Waals surface area contributed by atoms with Crippen molar-refractivity contribution in [1.82, 2.24) is 9.80 Å². The van der Waals surface area contributed by atoms with Crippen molar-refractivity contribution in [3.63, 3.8) is 0 Å². The van der Waals surface area contributed by atoms with Gasteiger partial charge < -0.3 is 19.8 Å². The van der Waals surface area contributed by atoms with Crippen LogP contribution in [0.15, 0.2) is 52.5 Å². The summed E-state index contributed by atoms with van der Waals surface area (Å²) >= 11 is 3.33. The van der Waals surface area contributed by atoms with Gasteiger partial charge in [-0.15, -0.1) is 0 Å². The van der Waals surface area contributed by atoms with Gasteiger partial charge in [0.15, 0.2) is 0 Å². The van der Waals surface area contributed by atoms with Crippen molar-refractivity contribution in [3.05, 3.63) is 69.2 Å². The second kappa shape index (κ2) is 10.1. The summed E-state index contributed by atoms with van der Waals surface area (Å²) in [5, 5.41) is 21.4. The Bertz CT molecular complexity index is 1080. The summed E-state index contributed by atoms with van der Waals surface area (Å²) in [7, 11) is 0. The third-order valence-electron chi connectivity index (χ3n) is 6.12. The van der Waals surface area contributed by atoms with Crippen LogP contribution in [-0.2, 0) is 14.3 Å². The smallest absolute Gasteiger partial charge is 0.295 e. The molecular formula is C25H27BrN2O5. The number of amides is 1. The number of morpholine rings is 1. The molecular weight excluding hydrogens is 488 g/mol. The van der Waals surface area contributed by atoms with E-state index in [0.29, 0.717) is 30.7 Å². The molecule has 1 atom stereocenters. The highest BCUT2D eigenvalue weighted by Crippen LogP contribution is 2.41. The number of aliphatic hydroxyl groups excluding tert-OH is 1. The maximum Gasteiger partial charge on any atom is 0.295 e. The van der Waals surface area contributed by atoms with E-state index in [1.807, 2.05) is 31.2 Å². The molecule has 174 valence electrons. The Morgan fingerprint density at radius 2 is 1.79 bits per heavy atom. The monoisotopic (exact) mass is 514 g/mol. The first-order chi connectivity index (χ1) is 15.9. The molecule has 0 aliphatic carbocycles. The number of aliphatic hydroxyl groups is 1. The summed E-state index contributed by atoms with van der Waals surface area (Å²) < 4.78 is 6.02. The molecule has 1 amide bonds. The summed E-state index contributed by atoms with van der Waals surface area (Å²) in [4.78, 5) is 30.0. The highest BCUT2D eigenvalue weighted by molar-refractivity contribution is 9.10. The number of likely N-dealkylation sites (tertiary alicyclic amines) is 1. The average molecular weight is 515 g/mol. The number of aryl methyl sites for hydroxylation is 1. The van der Waals surface area contributed by atoms with Crippen molar-refractivity contribution in [2.45, 2.75) is 19.4 Å². The molecule has 0 unspecified atom stereocenters. The molecule has 2 aliphatic heterocycles. The van der Waals surface area contributed by atoms with E-state index >= 15 is 0 Å². The van der Waals surface area contributed by atoms with Crippen LogP contribution in [0.4, 0.5) is 0 Å². The summed E-state index contributed by atoms with van der Waals surface area (Å²) in [5.41, 5.74) is 1.88. The largest absolute Gasteiger partial charge is 0.507 e. The molecule has 8 heteroatoms. The van der Waals surface area contributed by atoms with Crippen LogP contribution in [-0.4, -0.2) is 71.1 Å². The van der Waals surface area contributed by atoms with E-state index in [-0.39, 0.29) is 22.6 Å². The Hall–Kier alpha value is -2.68. The Labute approximate surface area is 201 Å². The third kappa shape index (κ3) is 4.98. The Morgan fingerprint density at radius 3 is 2.48 bits per heavy atom. The van der Waals surface area contributed by atoms with E-state index in [1.54, 1.807) is 6.07 Å². The molecule has 0 aromatic heterocycles. The van der Waals surface area contributed by atoms with E-state index in [2.05, 4.69) is 20.8 Å². The van der Waals surface area contributed by atoms with E-state index in [0.717, 1.165) is 30.8 Å². The van der Waals surface area contributed by atoms with Gasteiger partial charge in [-0.2, -0.15) is 0 Å². The number of aromatic hydroxyl groups is 1. The van der Waals surface area contributed by atoms with Gasteiger partial charge in [0.2, 0.25) is 0 Å². The number of hydrogen-bond acceptors (Lipinski definition) is 6. The van der Waals surface area contributed by atoms with Crippen LogP contribution in [0.3, 0.4) is 0 Å². The van der Waals surface area contributed by atoms with Crippen LogP contribution in [0, 0.1) is 6.92 Å². The molecule has 0 spiro atoms. The van der Waals surface area contributed by atoms with Gasteiger partial charge >= 0.3 is 0 Å². The summed E-state index contributed by atoms with van der Waals surface area (Å²) in [6.07, 6.45) is 0.692. The van der Waals surface area contributed by atoms with Gasteiger partial charge in [-0.1, -0.05) is 45.8 Å². The lowest BCUT2D eigenvalue weighted by Crippen LogP contribution is -2.38. The number of ether oxygens (including phenoxy) is 1. The molecule has 0 radical (unpaired) electrons. The quantitative estimate of drug-likeness (QED) is 0.347. The van der Waals surface area contributed by atoms with Gasteiger partial charge in [0.05, 0.1) is 30.4 Å². The zero-order valence-corrected chi connectivity index (χ0v) is 20.0. The molecule has 2 heterocycles. The number of ketones is 1. The van der Waals surface area contributed by atoms with Crippen LogP contribution in [0.1, 0.15) is 29.2 Å². The average Bonchev–Trinajstić information content (AvgIpc) is 3.06. The molecule has 0 saturated carbocycles. The molecule has 2 aromatic rings. The number of halogens is 1. The Balaban J connectivity index is 1.70. The van der Waals surface area contributed by atoms with Crippen molar-refractivity contribution < 1.29 is 24.5 Å².